The number of fused-ring (bicyclic) bond motifs is 5. The molecule has 3 saturated carbocycles. The third kappa shape index (κ3) is 8.33. The summed E-state index contributed by atoms with van der Waals surface area (Å²) in [7, 11) is 0. The lowest BCUT2D eigenvalue weighted by Crippen LogP contribution is -2.51. The van der Waals surface area contributed by atoms with Gasteiger partial charge in [0.15, 0.2) is 0 Å². The third-order valence-electron chi connectivity index (χ3n) is 14.7. The smallest absolute Gasteiger partial charge is 0.306 e. The summed E-state index contributed by atoms with van der Waals surface area (Å²) in [5.74, 6) is 7.62. The van der Waals surface area contributed by atoms with Gasteiger partial charge in [-0.3, -0.25) is 4.79 Å². The summed E-state index contributed by atoms with van der Waals surface area (Å²) in [5, 5.41) is 0. The van der Waals surface area contributed by atoms with Crippen LogP contribution in [0.4, 0.5) is 0 Å². The average Bonchev–Trinajstić information content (AvgIpc) is 3.54. The number of ether oxygens (including phenoxy) is 1. The van der Waals surface area contributed by atoms with Crippen molar-refractivity contribution >= 4 is 5.97 Å². The Kier molecular flexibility index (Phi) is 13.1. The van der Waals surface area contributed by atoms with Crippen molar-refractivity contribution in [2.24, 2.45) is 46.3 Å². The van der Waals surface area contributed by atoms with Crippen LogP contribution in [-0.4, -0.2) is 12.1 Å². The number of furan rings is 1. The first-order valence-electron chi connectivity index (χ1n) is 20.9. The second-order valence-corrected chi connectivity index (χ2v) is 18.2. The van der Waals surface area contributed by atoms with E-state index in [1.54, 1.807) is 5.57 Å². The maximum absolute atomic E-state index is 12.9. The molecule has 0 spiro atoms. The monoisotopic (exact) mass is 663 g/mol. The van der Waals surface area contributed by atoms with Crippen LogP contribution in [-0.2, 0) is 22.4 Å². The molecule has 3 nitrogen and oxygen atoms in total. The van der Waals surface area contributed by atoms with Gasteiger partial charge in [-0.25, -0.2) is 0 Å². The predicted molar refractivity (Wildman–Crippen MR) is 201 cm³/mol. The van der Waals surface area contributed by atoms with Crippen molar-refractivity contribution in [3.63, 3.8) is 0 Å². The van der Waals surface area contributed by atoms with Crippen molar-refractivity contribution in [2.45, 2.75) is 196 Å². The highest BCUT2D eigenvalue weighted by molar-refractivity contribution is 5.69. The molecule has 1 aromatic heterocycles. The lowest BCUT2D eigenvalue weighted by atomic mass is 9.47. The Morgan fingerprint density at radius 1 is 0.854 bits per heavy atom. The molecule has 48 heavy (non-hydrogen) atoms. The molecule has 1 aromatic rings. The van der Waals surface area contributed by atoms with Crippen molar-refractivity contribution < 1.29 is 13.9 Å². The quantitative estimate of drug-likeness (QED) is 0.0946. The van der Waals surface area contributed by atoms with Crippen LogP contribution in [0.15, 0.2) is 16.1 Å². The summed E-state index contributed by atoms with van der Waals surface area (Å²) < 4.78 is 12.4. The van der Waals surface area contributed by atoms with Gasteiger partial charge in [0.1, 0.15) is 17.6 Å². The minimum absolute atomic E-state index is 0.0278. The molecule has 3 heteroatoms. The van der Waals surface area contributed by atoms with E-state index in [0.29, 0.717) is 17.3 Å². The Morgan fingerprint density at radius 3 is 2.27 bits per heavy atom. The normalized spacial score (nSPS) is 32.0. The van der Waals surface area contributed by atoms with Gasteiger partial charge in [0.25, 0.3) is 0 Å². The van der Waals surface area contributed by atoms with E-state index >= 15 is 0 Å². The minimum atomic E-state index is 0.0278. The summed E-state index contributed by atoms with van der Waals surface area (Å²) in [5.41, 5.74) is 5.20. The highest BCUT2D eigenvalue weighted by atomic mass is 16.5. The molecule has 0 amide bonds. The summed E-state index contributed by atoms with van der Waals surface area (Å²) in [6.07, 6.45) is 27.9. The van der Waals surface area contributed by atoms with Crippen molar-refractivity contribution in [1.29, 1.82) is 0 Å². The zero-order chi connectivity index (χ0) is 34.5. The standard InChI is InChI=1S/C45H74O3/c1-9-10-13-19-41-33(5)34(6)42(48-41)20-14-11-12-15-21-43(46)47-36-26-28-44(7)35(30-36)22-23-37-39-25-24-38(32(4)18-16-17-31(2)3)45(39,8)29-27-40(37)44/h22,31-32,36-40H,9-21,23-30H2,1-8H3. The number of hydrogen-bond donors (Lipinski definition) is 0. The lowest BCUT2D eigenvalue weighted by molar-refractivity contribution is -0.151. The van der Waals surface area contributed by atoms with Crippen LogP contribution in [0.1, 0.15) is 186 Å². The Balaban J connectivity index is 1.04. The number of carbonyl (C=O) groups excluding carboxylic acids is 1. The number of aryl methyl sites for hydroxylation is 2. The van der Waals surface area contributed by atoms with Crippen LogP contribution in [0.3, 0.4) is 0 Å². The van der Waals surface area contributed by atoms with Crippen molar-refractivity contribution in [1.82, 2.24) is 0 Å². The highest BCUT2D eigenvalue weighted by Crippen LogP contribution is 2.67. The van der Waals surface area contributed by atoms with Gasteiger partial charge < -0.3 is 9.15 Å². The first kappa shape index (κ1) is 37.7. The van der Waals surface area contributed by atoms with Crippen molar-refractivity contribution in [3.05, 3.63) is 34.3 Å². The fourth-order valence-corrected chi connectivity index (χ4v) is 11.6. The minimum Gasteiger partial charge on any atom is -0.466 e. The Hall–Kier alpha value is -1.51. The number of hydrogen-bond acceptors (Lipinski definition) is 3. The molecule has 0 saturated heterocycles. The molecule has 8 unspecified atom stereocenters. The van der Waals surface area contributed by atoms with Crippen molar-refractivity contribution in [2.75, 3.05) is 0 Å². The second kappa shape index (κ2) is 16.7. The molecule has 0 radical (unpaired) electrons. The summed E-state index contributed by atoms with van der Waals surface area (Å²) in [6.45, 7) is 19.3. The molecule has 0 aromatic carbocycles. The van der Waals surface area contributed by atoms with Gasteiger partial charge in [-0.2, -0.15) is 0 Å². The SMILES string of the molecule is CCCCCc1oc(CCCCCCC(=O)OC2CCC3(C)C(=CCC4C3CCC3(C)C(C(C)CCCC(C)C)CCC43)C2)c(C)c1C. The molecule has 0 N–H and O–H groups in total. The van der Waals surface area contributed by atoms with Gasteiger partial charge in [0, 0.05) is 25.7 Å². The summed E-state index contributed by atoms with van der Waals surface area (Å²) in [6, 6.07) is 0. The molecule has 272 valence electrons. The Bertz CT molecular complexity index is 1220. The zero-order valence-electron chi connectivity index (χ0n) is 32.7. The molecule has 4 aliphatic rings. The van der Waals surface area contributed by atoms with Gasteiger partial charge in [0.2, 0.25) is 0 Å². The number of carbonyl (C=O) groups is 1. The van der Waals surface area contributed by atoms with Gasteiger partial charge >= 0.3 is 5.97 Å². The maximum Gasteiger partial charge on any atom is 0.306 e. The average molecular weight is 663 g/mol. The van der Waals surface area contributed by atoms with Gasteiger partial charge in [0.05, 0.1) is 0 Å². The van der Waals surface area contributed by atoms with E-state index in [2.05, 4.69) is 61.5 Å². The van der Waals surface area contributed by atoms with Crippen LogP contribution in [0, 0.1) is 60.2 Å². The summed E-state index contributed by atoms with van der Waals surface area (Å²) >= 11 is 0. The van der Waals surface area contributed by atoms with Crippen LogP contribution in [0.2, 0.25) is 0 Å². The van der Waals surface area contributed by atoms with Crippen molar-refractivity contribution in [3.8, 4) is 0 Å². The van der Waals surface area contributed by atoms with E-state index in [1.807, 2.05) is 0 Å². The van der Waals surface area contributed by atoms with Gasteiger partial charge in [-0.05, 0) is 136 Å². The molecule has 5 rings (SSSR count). The Labute approximate surface area is 296 Å². The molecular formula is C45H74O3. The molecule has 4 aliphatic carbocycles. The number of unbranched alkanes of at least 4 members (excludes halogenated alkanes) is 5. The maximum atomic E-state index is 12.9. The van der Waals surface area contributed by atoms with Crippen LogP contribution in [0.25, 0.3) is 0 Å². The topological polar surface area (TPSA) is 39.4 Å². The van der Waals surface area contributed by atoms with E-state index in [1.165, 1.54) is 99.7 Å². The van der Waals surface area contributed by atoms with Crippen LogP contribution >= 0.6 is 0 Å². The van der Waals surface area contributed by atoms with Gasteiger partial charge in [-0.15, -0.1) is 0 Å². The molecule has 0 aliphatic heterocycles. The van der Waals surface area contributed by atoms with E-state index in [4.69, 9.17) is 9.15 Å². The van der Waals surface area contributed by atoms with E-state index in [0.717, 1.165) is 86.9 Å². The second-order valence-electron chi connectivity index (χ2n) is 18.2. The molecular weight excluding hydrogens is 588 g/mol. The van der Waals surface area contributed by atoms with Crippen LogP contribution in [0.5, 0.6) is 0 Å². The van der Waals surface area contributed by atoms with E-state index < -0.39 is 0 Å². The van der Waals surface area contributed by atoms with E-state index in [9.17, 15) is 4.79 Å². The largest absolute Gasteiger partial charge is 0.466 e. The predicted octanol–water partition coefficient (Wildman–Crippen LogP) is 13.1. The number of esters is 1. The first-order valence-corrected chi connectivity index (χ1v) is 20.9. The zero-order valence-corrected chi connectivity index (χ0v) is 32.7. The van der Waals surface area contributed by atoms with Crippen LogP contribution < -0.4 is 0 Å². The lowest BCUT2D eigenvalue weighted by Gasteiger charge is -2.58. The fraction of sp³-hybridized carbons (Fsp3) is 0.844. The van der Waals surface area contributed by atoms with E-state index in [-0.39, 0.29) is 12.1 Å². The first-order chi connectivity index (χ1) is 23.0. The highest BCUT2D eigenvalue weighted by Gasteiger charge is 2.59. The third-order valence-corrected chi connectivity index (χ3v) is 14.7. The Morgan fingerprint density at radius 2 is 1.56 bits per heavy atom. The molecule has 1 heterocycles. The molecule has 3 fully saturated rings. The molecule has 8 atom stereocenters. The number of allylic oxidation sites excluding steroid dienone is 1. The summed E-state index contributed by atoms with van der Waals surface area (Å²) in [4.78, 5) is 12.9. The number of rotatable bonds is 17. The fourth-order valence-electron chi connectivity index (χ4n) is 11.6. The molecule has 0 bridgehead atoms. The van der Waals surface area contributed by atoms with Gasteiger partial charge in [-0.1, -0.05) is 98.1 Å².